The number of H-pyrrole nitrogens is 1. The standard InChI is InChI=1S/C19H20ClFN6O3/c1-19(20,30)10-23-18(29)13-9-24-27-6-4-15(25-16(13)27)26-5-2-3-14(26)12-7-11(21)8-22-17(12)28/h4,6-9,14,30H,2-3,5,10H2,1H3,(H,22,28)(H,23,29). The van der Waals surface area contributed by atoms with Crippen molar-refractivity contribution in [3.8, 4) is 0 Å². The summed E-state index contributed by atoms with van der Waals surface area (Å²) in [6, 6.07) is 2.65. The van der Waals surface area contributed by atoms with Crippen LogP contribution in [0.25, 0.3) is 5.65 Å². The van der Waals surface area contributed by atoms with E-state index in [0.717, 1.165) is 12.6 Å². The van der Waals surface area contributed by atoms with Crippen LogP contribution < -0.4 is 15.8 Å². The van der Waals surface area contributed by atoms with Crippen LogP contribution in [0.5, 0.6) is 0 Å². The minimum atomic E-state index is -1.57. The number of alkyl halides is 1. The fourth-order valence-corrected chi connectivity index (χ4v) is 3.67. The molecule has 0 radical (unpaired) electrons. The van der Waals surface area contributed by atoms with Gasteiger partial charge < -0.3 is 20.3 Å². The Labute approximate surface area is 175 Å². The van der Waals surface area contributed by atoms with Crippen molar-refractivity contribution in [1.82, 2.24) is 24.9 Å². The predicted molar refractivity (Wildman–Crippen MR) is 108 cm³/mol. The second-order valence-electron chi connectivity index (χ2n) is 7.39. The Bertz CT molecular complexity index is 1160. The number of nitrogens with one attached hydrogen (secondary N) is 2. The first-order chi connectivity index (χ1) is 14.2. The molecular weight excluding hydrogens is 415 g/mol. The van der Waals surface area contributed by atoms with Crippen molar-refractivity contribution in [3.63, 3.8) is 0 Å². The van der Waals surface area contributed by atoms with Crippen LogP contribution in [-0.4, -0.2) is 48.7 Å². The molecule has 0 aromatic carbocycles. The van der Waals surface area contributed by atoms with Gasteiger partial charge in [-0.25, -0.2) is 13.9 Å². The Balaban J connectivity index is 1.67. The molecule has 0 saturated carbocycles. The van der Waals surface area contributed by atoms with Gasteiger partial charge in [0.25, 0.3) is 11.5 Å². The molecule has 9 nitrogen and oxygen atoms in total. The molecule has 1 fully saturated rings. The van der Waals surface area contributed by atoms with Crippen molar-refractivity contribution in [2.24, 2.45) is 0 Å². The number of rotatable bonds is 5. The number of hydrogen-bond acceptors (Lipinski definition) is 6. The van der Waals surface area contributed by atoms with Gasteiger partial charge in [0.1, 0.15) is 17.2 Å². The molecule has 11 heteroatoms. The molecule has 4 rings (SSSR count). The summed E-state index contributed by atoms with van der Waals surface area (Å²) in [6.45, 7) is 1.85. The molecule has 4 heterocycles. The highest BCUT2D eigenvalue weighted by Crippen LogP contribution is 2.34. The van der Waals surface area contributed by atoms with E-state index in [1.165, 1.54) is 23.7 Å². The molecule has 30 heavy (non-hydrogen) atoms. The summed E-state index contributed by atoms with van der Waals surface area (Å²) in [5.41, 5.74) is 0.534. The lowest BCUT2D eigenvalue weighted by molar-refractivity contribution is 0.0897. The number of amides is 1. The molecule has 1 aliphatic rings. The molecule has 1 saturated heterocycles. The summed E-state index contributed by atoms with van der Waals surface area (Å²) >= 11 is 5.71. The number of carbonyl (C=O) groups is 1. The highest BCUT2D eigenvalue weighted by atomic mass is 35.5. The number of hydrogen-bond donors (Lipinski definition) is 3. The van der Waals surface area contributed by atoms with Crippen molar-refractivity contribution in [1.29, 1.82) is 0 Å². The van der Waals surface area contributed by atoms with Crippen LogP contribution in [0.3, 0.4) is 0 Å². The Hall–Kier alpha value is -2.98. The molecule has 0 bridgehead atoms. The zero-order valence-electron chi connectivity index (χ0n) is 16.1. The molecule has 3 aromatic heterocycles. The Morgan fingerprint density at radius 1 is 1.53 bits per heavy atom. The molecule has 3 N–H and O–H groups in total. The molecule has 2 atom stereocenters. The number of aromatic nitrogens is 4. The average Bonchev–Trinajstić information content (AvgIpc) is 3.34. The van der Waals surface area contributed by atoms with Crippen LogP contribution >= 0.6 is 11.6 Å². The summed E-state index contributed by atoms with van der Waals surface area (Å²) < 4.78 is 15.2. The van der Waals surface area contributed by atoms with E-state index in [9.17, 15) is 19.1 Å². The number of nitrogens with zero attached hydrogens (tertiary/aromatic N) is 4. The van der Waals surface area contributed by atoms with Gasteiger partial charge in [0, 0.05) is 24.5 Å². The molecule has 0 spiro atoms. The number of anilines is 1. The van der Waals surface area contributed by atoms with Crippen LogP contribution in [0.2, 0.25) is 0 Å². The molecule has 1 aliphatic heterocycles. The van der Waals surface area contributed by atoms with Crippen molar-refractivity contribution in [2.75, 3.05) is 18.0 Å². The fourth-order valence-electron chi connectivity index (χ4n) is 3.60. The van der Waals surface area contributed by atoms with Gasteiger partial charge in [-0.3, -0.25) is 9.59 Å². The van der Waals surface area contributed by atoms with Gasteiger partial charge >= 0.3 is 0 Å². The molecule has 3 aromatic rings. The fraction of sp³-hybridized carbons (Fsp3) is 0.368. The summed E-state index contributed by atoms with van der Waals surface area (Å²) in [5, 5.41) is 14.7. The molecule has 2 unspecified atom stereocenters. The van der Waals surface area contributed by atoms with E-state index in [2.05, 4.69) is 20.4 Å². The summed E-state index contributed by atoms with van der Waals surface area (Å²) in [7, 11) is 0. The highest BCUT2D eigenvalue weighted by molar-refractivity contribution is 6.22. The summed E-state index contributed by atoms with van der Waals surface area (Å²) in [6.07, 6.45) is 5.56. The lowest BCUT2D eigenvalue weighted by Crippen LogP contribution is -2.36. The number of fused-ring (bicyclic) bond motifs is 1. The van der Waals surface area contributed by atoms with Crippen molar-refractivity contribution in [2.45, 2.75) is 30.9 Å². The maximum atomic E-state index is 13.7. The van der Waals surface area contributed by atoms with E-state index >= 15 is 0 Å². The second kappa shape index (κ2) is 7.69. The van der Waals surface area contributed by atoms with E-state index in [4.69, 9.17) is 11.6 Å². The van der Waals surface area contributed by atoms with Gasteiger partial charge in [0.2, 0.25) is 0 Å². The minimum Gasteiger partial charge on any atom is -0.373 e. The third-order valence-corrected chi connectivity index (χ3v) is 5.11. The average molecular weight is 435 g/mol. The monoisotopic (exact) mass is 434 g/mol. The number of aromatic amines is 1. The molecule has 0 aliphatic carbocycles. The lowest BCUT2D eigenvalue weighted by Gasteiger charge is -2.25. The quantitative estimate of drug-likeness (QED) is 0.525. The first kappa shape index (κ1) is 20.3. The van der Waals surface area contributed by atoms with Gasteiger partial charge in [-0.2, -0.15) is 5.10 Å². The zero-order valence-corrected chi connectivity index (χ0v) is 16.9. The maximum Gasteiger partial charge on any atom is 0.256 e. The van der Waals surface area contributed by atoms with Gasteiger partial charge in [-0.15, -0.1) is 0 Å². The SMILES string of the molecule is CC(O)(Cl)CNC(=O)c1cnn2ccc(N3CCCC3c3cc(F)c[nH]c3=O)nc12. The van der Waals surface area contributed by atoms with Crippen LogP contribution in [0, 0.1) is 5.82 Å². The van der Waals surface area contributed by atoms with E-state index in [0.29, 0.717) is 30.0 Å². The second-order valence-corrected chi connectivity index (χ2v) is 8.21. The third kappa shape index (κ3) is 4.01. The van der Waals surface area contributed by atoms with Gasteiger partial charge in [0.15, 0.2) is 10.7 Å². The number of carbonyl (C=O) groups excluding carboxylic acids is 1. The van der Waals surface area contributed by atoms with Crippen LogP contribution in [0.15, 0.2) is 35.5 Å². The van der Waals surface area contributed by atoms with Crippen LogP contribution in [0.4, 0.5) is 10.2 Å². The van der Waals surface area contributed by atoms with Crippen molar-refractivity contribution < 1.29 is 14.3 Å². The first-order valence-corrected chi connectivity index (χ1v) is 9.79. The van der Waals surface area contributed by atoms with Gasteiger partial charge in [0.05, 0.1) is 18.8 Å². The molecule has 1 amide bonds. The zero-order chi connectivity index (χ0) is 21.5. The highest BCUT2D eigenvalue weighted by Gasteiger charge is 2.30. The normalized spacial score (nSPS) is 18.5. The molecule has 158 valence electrons. The van der Waals surface area contributed by atoms with Crippen LogP contribution in [0.1, 0.15) is 41.7 Å². The largest absolute Gasteiger partial charge is 0.373 e. The van der Waals surface area contributed by atoms with Gasteiger partial charge in [-0.05, 0) is 31.9 Å². The number of aliphatic hydroxyl groups is 1. The maximum absolute atomic E-state index is 13.7. The van der Waals surface area contributed by atoms with E-state index < -0.39 is 16.8 Å². The lowest BCUT2D eigenvalue weighted by atomic mass is 10.1. The van der Waals surface area contributed by atoms with E-state index in [-0.39, 0.29) is 23.7 Å². The topological polar surface area (TPSA) is 116 Å². The van der Waals surface area contributed by atoms with Crippen molar-refractivity contribution in [3.05, 3.63) is 58.0 Å². The van der Waals surface area contributed by atoms with Crippen LogP contribution in [-0.2, 0) is 0 Å². The summed E-state index contributed by atoms with van der Waals surface area (Å²) in [4.78, 5) is 33.6. The minimum absolute atomic E-state index is 0.152. The predicted octanol–water partition coefficient (Wildman–Crippen LogP) is 1.58. The Morgan fingerprint density at radius 2 is 2.33 bits per heavy atom. The number of halogens is 2. The smallest absolute Gasteiger partial charge is 0.256 e. The first-order valence-electron chi connectivity index (χ1n) is 9.41. The molecular formula is C19H20ClFN6O3. The Kier molecular flexibility index (Phi) is 5.20. The van der Waals surface area contributed by atoms with E-state index in [1.807, 2.05) is 4.90 Å². The summed E-state index contributed by atoms with van der Waals surface area (Å²) in [5.74, 6) is -0.438. The van der Waals surface area contributed by atoms with E-state index in [1.54, 1.807) is 12.3 Å². The van der Waals surface area contributed by atoms with Gasteiger partial charge in [-0.1, -0.05) is 11.6 Å². The Morgan fingerprint density at radius 3 is 3.10 bits per heavy atom. The van der Waals surface area contributed by atoms with Crippen molar-refractivity contribution >= 4 is 29.0 Å². The number of pyridine rings is 1. The third-order valence-electron chi connectivity index (χ3n) is 4.97.